The van der Waals surface area contributed by atoms with Gasteiger partial charge < -0.3 is 4.90 Å². The molecule has 0 aliphatic carbocycles. The summed E-state index contributed by atoms with van der Waals surface area (Å²) in [6.07, 6.45) is 1.98. The van der Waals surface area contributed by atoms with Gasteiger partial charge in [0.25, 0.3) is 10.0 Å². The van der Waals surface area contributed by atoms with Crippen LogP contribution in [0.15, 0.2) is 46.0 Å². The van der Waals surface area contributed by atoms with Gasteiger partial charge in [-0.05, 0) is 63.5 Å². The fourth-order valence-corrected chi connectivity index (χ4v) is 7.57. The fraction of sp³-hybridized carbons (Fsp3) is 0.429. The van der Waals surface area contributed by atoms with E-state index in [0.29, 0.717) is 31.1 Å². The lowest BCUT2D eigenvalue weighted by Gasteiger charge is -2.28. The number of carbonyl (C=O) groups excluding carboxylic acids is 1. The largest absolute Gasteiger partial charge is 0.309 e. The topological polar surface area (TPSA) is 73.8 Å². The molecular weight excluding hydrogens is 452 g/mol. The number of sulfonamides is 1. The summed E-state index contributed by atoms with van der Waals surface area (Å²) in [4.78, 5) is 22.2. The van der Waals surface area contributed by atoms with E-state index in [1.807, 2.05) is 38.4 Å². The molecule has 3 aromatic rings. The SMILES string of the molecule is CN(C)CCCN(C(=O)C1CCCN1S(=O)(=O)c1cccs1)c1nc2ccccc2s1. The molecule has 1 aliphatic rings. The Morgan fingerprint density at radius 3 is 2.71 bits per heavy atom. The van der Waals surface area contributed by atoms with Crippen LogP contribution in [0.3, 0.4) is 0 Å². The lowest BCUT2D eigenvalue weighted by atomic mass is 10.2. The van der Waals surface area contributed by atoms with Gasteiger partial charge in [-0.3, -0.25) is 9.69 Å². The van der Waals surface area contributed by atoms with E-state index in [2.05, 4.69) is 9.88 Å². The van der Waals surface area contributed by atoms with Crippen molar-refractivity contribution in [2.45, 2.75) is 29.5 Å². The van der Waals surface area contributed by atoms with Gasteiger partial charge in [-0.2, -0.15) is 4.31 Å². The van der Waals surface area contributed by atoms with Crippen LogP contribution in [0.1, 0.15) is 19.3 Å². The number of thiophene rings is 1. The smallest absolute Gasteiger partial charge is 0.253 e. The first kappa shape index (κ1) is 22.3. The number of fused-ring (bicyclic) bond motifs is 1. The van der Waals surface area contributed by atoms with Crippen LogP contribution in [0.4, 0.5) is 5.13 Å². The van der Waals surface area contributed by atoms with Gasteiger partial charge in [-0.1, -0.05) is 29.5 Å². The number of anilines is 1. The minimum absolute atomic E-state index is 0.185. The van der Waals surface area contributed by atoms with Crippen molar-refractivity contribution in [1.82, 2.24) is 14.2 Å². The predicted molar refractivity (Wildman–Crippen MR) is 126 cm³/mol. The molecule has 1 aliphatic heterocycles. The van der Waals surface area contributed by atoms with Crippen molar-refractivity contribution < 1.29 is 13.2 Å². The van der Waals surface area contributed by atoms with Gasteiger partial charge in [0, 0.05) is 13.1 Å². The van der Waals surface area contributed by atoms with Crippen LogP contribution in [0.5, 0.6) is 0 Å². The molecule has 0 saturated carbocycles. The molecule has 1 fully saturated rings. The van der Waals surface area contributed by atoms with E-state index in [1.54, 1.807) is 22.4 Å². The molecule has 1 saturated heterocycles. The second-order valence-electron chi connectivity index (χ2n) is 7.82. The average Bonchev–Trinajstić information content (AvgIpc) is 3.50. The number of carbonyl (C=O) groups is 1. The van der Waals surface area contributed by atoms with E-state index < -0.39 is 16.1 Å². The monoisotopic (exact) mass is 478 g/mol. The summed E-state index contributed by atoms with van der Waals surface area (Å²) in [5.74, 6) is -0.185. The standard InChI is InChI=1S/C21H26N4O3S3/c1-23(2)12-7-13-24(21-22-16-8-3-4-10-18(16)30-21)20(26)17-9-5-14-25(17)31(27,28)19-11-6-15-29-19/h3-4,6,8,10-11,15,17H,5,7,9,12-14H2,1-2H3. The molecule has 1 atom stereocenters. The summed E-state index contributed by atoms with van der Waals surface area (Å²) < 4.78 is 29.0. The van der Waals surface area contributed by atoms with Crippen LogP contribution < -0.4 is 4.90 Å². The molecule has 1 amide bonds. The number of hydrogen-bond donors (Lipinski definition) is 0. The summed E-state index contributed by atoms with van der Waals surface area (Å²) in [5, 5.41) is 2.37. The molecule has 0 spiro atoms. The highest BCUT2D eigenvalue weighted by atomic mass is 32.2. The minimum atomic E-state index is -3.68. The molecule has 1 unspecified atom stereocenters. The van der Waals surface area contributed by atoms with Crippen LogP contribution in [-0.4, -0.2) is 68.3 Å². The molecular formula is C21H26N4O3S3. The van der Waals surface area contributed by atoms with Gasteiger partial charge in [-0.25, -0.2) is 13.4 Å². The second-order valence-corrected chi connectivity index (χ2v) is 11.9. The average molecular weight is 479 g/mol. The molecule has 7 nitrogen and oxygen atoms in total. The van der Waals surface area contributed by atoms with E-state index >= 15 is 0 Å². The van der Waals surface area contributed by atoms with Crippen LogP contribution in [0.25, 0.3) is 10.2 Å². The van der Waals surface area contributed by atoms with Crippen LogP contribution >= 0.6 is 22.7 Å². The zero-order chi connectivity index (χ0) is 22.0. The third-order valence-electron chi connectivity index (χ3n) is 5.31. The third-order valence-corrected chi connectivity index (χ3v) is 9.65. The van der Waals surface area contributed by atoms with Crippen molar-refractivity contribution >= 4 is 54.0 Å². The quantitative estimate of drug-likeness (QED) is 0.495. The maximum absolute atomic E-state index is 13.7. The Morgan fingerprint density at radius 1 is 1.19 bits per heavy atom. The Kier molecular flexibility index (Phi) is 6.73. The van der Waals surface area contributed by atoms with Gasteiger partial charge in [0.15, 0.2) is 5.13 Å². The Morgan fingerprint density at radius 2 is 2.00 bits per heavy atom. The predicted octanol–water partition coefficient (Wildman–Crippen LogP) is 3.50. The highest BCUT2D eigenvalue weighted by molar-refractivity contribution is 7.91. The van der Waals surface area contributed by atoms with Crippen LogP contribution in [0.2, 0.25) is 0 Å². The highest BCUT2D eigenvalue weighted by Crippen LogP contribution is 2.33. The van der Waals surface area contributed by atoms with Gasteiger partial charge in [0.2, 0.25) is 5.91 Å². The van der Waals surface area contributed by atoms with Gasteiger partial charge in [0.1, 0.15) is 10.3 Å². The van der Waals surface area contributed by atoms with Crippen LogP contribution in [0, 0.1) is 0 Å². The van der Waals surface area contributed by atoms with Gasteiger partial charge >= 0.3 is 0 Å². The Hall–Kier alpha value is -1.85. The molecule has 2 aromatic heterocycles. The van der Waals surface area contributed by atoms with E-state index in [-0.39, 0.29) is 10.1 Å². The third kappa shape index (κ3) is 4.68. The highest BCUT2D eigenvalue weighted by Gasteiger charge is 2.42. The lowest BCUT2D eigenvalue weighted by Crippen LogP contribution is -2.48. The molecule has 31 heavy (non-hydrogen) atoms. The number of thiazole rings is 1. The van der Waals surface area contributed by atoms with Gasteiger partial charge in [-0.15, -0.1) is 11.3 Å². The van der Waals surface area contributed by atoms with E-state index in [1.165, 1.54) is 27.0 Å². The van der Waals surface area contributed by atoms with Crippen molar-refractivity contribution in [1.29, 1.82) is 0 Å². The van der Waals surface area contributed by atoms with Crippen molar-refractivity contribution in [2.24, 2.45) is 0 Å². The number of benzene rings is 1. The van der Waals surface area contributed by atoms with Crippen molar-refractivity contribution in [3.63, 3.8) is 0 Å². The zero-order valence-electron chi connectivity index (χ0n) is 17.6. The molecule has 166 valence electrons. The van der Waals surface area contributed by atoms with E-state index in [0.717, 1.165) is 23.2 Å². The number of para-hydroxylation sites is 1. The Balaban J connectivity index is 1.64. The minimum Gasteiger partial charge on any atom is -0.309 e. The molecule has 4 rings (SSSR count). The maximum Gasteiger partial charge on any atom is 0.253 e. The molecule has 0 radical (unpaired) electrons. The Labute approximate surface area is 191 Å². The first-order chi connectivity index (χ1) is 14.9. The summed E-state index contributed by atoms with van der Waals surface area (Å²) >= 11 is 2.66. The van der Waals surface area contributed by atoms with E-state index in [9.17, 15) is 13.2 Å². The normalized spacial score (nSPS) is 17.6. The number of rotatable bonds is 8. The molecule has 3 heterocycles. The first-order valence-electron chi connectivity index (χ1n) is 10.2. The van der Waals surface area contributed by atoms with Crippen LogP contribution in [-0.2, 0) is 14.8 Å². The number of amides is 1. The number of nitrogens with zero attached hydrogens (tertiary/aromatic N) is 4. The molecule has 1 aromatic carbocycles. The van der Waals surface area contributed by atoms with E-state index in [4.69, 9.17) is 0 Å². The molecule has 0 N–H and O–H groups in total. The lowest BCUT2D eigenvalue weighted by molar-refractivity contribution is -0.121. The van der Waals surface area contributed by atoms with Crippen molar-refractivity contribution in [3.05, 3.63) is 41.8 Å². The zero-order valence-corrected chi connectivity index (χ0v) is 20.0. The van der Waals surface area contributed by atoms with Crippen molar-refractivity contribution in [3.8, 4) is 0 Å². The molecule has 10 heteroatoms. The summed E-state index contributed by atoms with van der Waals surface area (Å²) in [5.41, 5.74) is 0.849. The first-order valence-corrected chi connectivity index (χ1v) is 13.4. The second kappa shape index (κ2) is 9.33. The van der Waals surface area contributed by atoms with Crippen molar-refractivity contribution in [2.75, 3.05) is 38.6 Å². The summed E-state index contributed by atoms with van der Waals surface area (Å²) in [6, 6.07) is 10.4. The maximum atomic E-state index is 13.7. The number of hydrogen-bond acceptors (Lipinski definition) is 7. The fourth-order valence-electron chi connectivity index (χ4n) is 3.80. The number of aromatic nitrogens is 1. The molecule has 0 bridgehead atoms. The van der Waals surface area contributed by atoms with Gasteiger partial charge in [0.05, 0.1) is 10.2 Å². The summed E-state index contributed by atoms with van der Waals surface area (Å²) in [7, 11) is 0.308. The summed E-state index contributed by atoms with van der Waals surface area (Å²) in [6.45, 7) is 1.69. The Bertz CT molecular complexity index is 1110.